The van der Waals surface area contributed by atoms with Crippen molar-refractivity contribution in [1.82, 2.24) is 4.57 Å². The Labute approximate surface area is 150 Å². The van der Waals surface area contributed by atoms with Gasteiger partial charge in [0, 0.05) is 16.3 Å². The molecule has 7 heteroatoms. The van der Waals surface area contributed by atoms with Crippen LogP contribution in [0.1, 0.15) is 30.3 Å². The normalized spacial score (nSPS) is 14.1. The molecule has 0 spiro atoms. The van der Waals surface area contributed by atoms with Crippen molar-refractivity contribution in [3.8, 4) is 0 Å². The van der Waals surface area contributed by atoms with E-state index >= 15 is 0 Å². The van der Waals surface area contributed by atoms with Crippen molar-refractivity contribution in [1.29, 1.82) is 0 Å². The zero-order chi connectivity index (χ0) is 16.9. The van der Waals surface area contributed by atoms with E-state index in [1.165, 1.54) is 16.2 Å². The minimum Gasteiger partial charge on any atom is -0.449 e. The van der Waals surface area contributed by atoms with E-state index in [2.05, 4.69) is 10.3 Å². The van der Waals surface area contributed by atoms with Gasteiger partial charge in [0.1, 0.15) is 0 Å². The summed E-state index contributed by atoms with van der Waals surface area (Å²) in [6, 6.07) is 9.62. The highest BCUT2D eigenvalue weighted by atomic mass is 32.1. The summed E-state index contributed by atoms with van der Waals surface area (Å²) >= 11 is 6.86. The topological polar surface area (TPSA) is 55.6 Å². The summed E-state index contributed by atoms with van der Waals surface area (Å²) < 4.78 is 6.78. The van der Waals surface area contributed by atoms with Crippen LogP contribution in [-0.4, -0.2) is 22.4 Å². The van der Waals surface area contributed by atoms with Gasteiger partial charge in [0.25, 0.3) is 0 Å². The molecule has 0 atom stereocenters. The molecule has 1 aromatic carbocycles. The molecule has 126 valence electrons. The summed E-state index contributed by atoms with van der Waals surface area (Å²) in [5.41, 5.74) is 1.89. The SMILES string of the molecule is CCOC(=O)n1c2c(sc1=NC(=S)Nc1ccccc1)CCCC2. The molecular weight excluding hydrogens is 342 g/mol. The molecule has 0 unspecified atom stereocenters. The number of carbonyl (C=O) groups is 1. The molecule has 1 aliphatic carbocycles. The Hall–Kier alpha value is -1.99. The molecule has 1 N–H and O–H groups in total. The molecular formula is C17H19N3O2S2. The van der Waals surface area contributed by atoms with Crippen molar-refractivity contribution in [3.63, 3.8) is 0 Å². The van der Waals surface area contributed by atoms with Gasteiger partial charge in [-0.3, -0.25) is 0 Å². The molecule has 5 nitrogen and oxygen atoms in total. The van der Waals surface area contributed by atoms with Gasteiger partial charge in [0.05, 0.1) is 6.61 Å². The molecule has 0 bridgehead atoms. The number of hydrogen-bond donors (Lipinski definition) is 1. The predicted molar refractivity (Wildman–Crippen MR) is 99.6 cm³/mol. The van der Waals surface area contributed by atoms with Gasteiger partial charge >= 0.3 is 6.09 Å². The van der Waals surface area contributed by atoms with Gasteiger partial charge < -0.3 is 10.1 Å². The minimum atomic E-state index is -0.377. The highest BCUT2D eigenvalue weighted by Gasteiger charge is 2.22. The Morgan fingerprint density at radius 1 is 1.33 bits per heavy atom. The van der Waals surface area contributed by atoms with Gasteiger partial charge in [0.15, 0.2) is 5.11 Å². The number of thiazole rings is 1. The van der Waals surface area contributed by atoms with Crippen molar-refractivity contribution >= 4 is 40.4 Å². The molecule has 1 heterocycles. The molecule has 24 heavy (non-hydrogen) atoms. The lowest BCUT2D eigenvalue weighted by molar-refractivity contribution is 0.152. The number of nitrogens with one attached hydrogen (secondary N) is 1. The molecule has 1 aromatic heterocycles. The number of benzene rings is 1. The highest BCUT2D eigenvalue weighted by Crippen LogP contribution is 2.23. The molecule has 0 saturated carbocycles. The number of fused-ring (bicyclic) bond motifs is 1. The van der Waals surface area contributed by atoms with E-state index in [0.29, 0.717) is 16.5 Å². The van der Waals surface area contributed by atoms with Crippen LogP contribution in [0.3, 0.4) is 0 Å². The molecule has 2 aromatic rings. The Kier molecular flexibility index (Phi) is 5.42. The first-order valence-electron chi connectivity index (χ1n) is 8.00. The summed E-state index contributed by atoms with van der Waals surface area (Å²) in [5, 5.41) is 3.41. The van der Waals surface area contributed by atoms with Gasteiger partial charge in [-0.15, -0.1) is 11.3 Å². The second kappa shape index (κ2) is 7.72. The second-order valence-corrected chi connectivity index (χ2v) is 6.85. The zero-order valence-corrected chi connectivity index (χ0v) is 15.1. The van der Waals surface area contributed by atoms with E-state index in [-0.39, 0.29) is 6.09 Å². The number of ether oxygens (including phenoxy) is 1. The van der Waals surface area contributed by atoms with Crippen LogP contribution in [0.25, 0.3) is 0 Å². The number of aromatic nitrogens is 1. The predicted octanol–water partition coefficient (Wildman–Crippen LogP) is 3.73. The summed E-state index contributed by atoms with van der Waals surface area (Å²) in [5.74, 6) is 0. The zero-order valence-electron chi connectivity index (χ0n) is 13.4. The molecule has 0 radical (unpaired) electrons. The molecule has 3 rings (SSSR count). The third-order valence-electron chi connectivity index (χ3n) is 3.74. The van der Waals surface area contributed by atoms with Crippen molar-refractivity contribution < 1.29 is 9.53 Å². The van der Waals surface area contributed by atoms with Crippen LogP contribution in [-0.2, 0) is 17.6 Å². The number of thiocarbonyl (C=S) groups is 1. The Bertz CT molecular complexity index is 809. The number of aryl methyl sites for hydroxylation is 1. The maximum atomic E-state index is 12.4. The summed E-state index contributed by atoms with van der Waals surface area (Å²) in [6.07, 6.45) is 3.70. The molecule has 0 saturated heterocycles. The van der Waals surface area contributed by atoms with Crippen molar-refractivity contribution in [2.45, 2.75) is 32.6 Å². The Morgan fingerprint density at radius 2 is 2.08 bits per heavy atom. The average Bonchev–Trinajstić information content (AvgIpc) is 2.93. The first kappa shape index (κ1) is 16.9. The Balaban J connectivity index is 1.95. The monoisotopic (exact) mass is 361 g/mol. The minimum absolute atomic E-state index is 0.331. The maximum absolute atomic E-state index is 12.4. The van der Waals surface area contributed by atoms with Crippen LogP contribution in [0.15, 0.2) is 35.3 Å². The summed E-state index contributed by atoms with van der Waals surface area (Å²) in [6.45, 7) is 2.14. The first-order chi connectivity index (χ1) is 11.7. The van der Waals surface area contributed by atoms with Gasteiger partial charge in [-0.25, -0.2) is 9.36 Å². The fraction of sp³-hybridized carbons (Fsp3) is 0.353. The smallest absolute Gasteiger partial charge is 0.420 e. The van der Waals surface area contributed by atoms with E-state index < -0.39 is 0 Å². The largest absolute Gasteiger partial charge is 0.449 e. The lowest BCUT2D eigenvalue weighted by Gasteiger charge is -2.13. The number of hydrogen-bond acceptors (Lipinski definition) is 4. The third-order valence-corrected chi connectivity index (χ3v) is 5.07. The highest BCUT2D eigenvalue weighted by molar-refractivity contribution is 7.80. The number of nitrogens with zero attached hydrogens (tertiary/aromatic N) is 2. The van der Waals surface area contributed by atoms with Crippen LogP contribution in [0.4, 0.5) is 10.5 Å². The molecule has 0 aliphatic heterocycles. The van der Waals surface area contributed by atoms with Crippen molar-refractivity contribution in [2.75, 3.05) is 11.9 Å². The molecule has 1 aliphatic rings. The van der Waals surface area contributed by atoms with Crippen molar-refractivity contribution in [3.05, 3.63) is 45.7 Å². The molecule has 0 amide bonds. The van der Waals surface area contributed by atoms with Gasteiger partial charge in [-0.2, -0.15) is 4.99 Å². The second-order valence-electron chi connectivity index (χ2n) is 5.40. The van der Waals surface area contributed by atoms with E-state index in [9.17, 15) is 4.79 Å². The van der Waals surface area contributed by atoms with Crippen LogP contribution in [0.2, 0.25) is 0 Å². The quantitative estimate of drug-likeness (QED) is 0.828. The van der Waals surface area contributed by atoms with Gasteiger partial charge in [-0.1, -0.05) is 18.2 Å². The Morgan fingerprint density at radius 3 is 2.83 bits per heavy atom. The van der Waals surface area contributed by atoms with E-state index in [1.807, 2.05) is 30.3 Å². The summed E-state index contributed by atoms with van der Waals surface area (Å²) in [4.78, 5) is 18.6. The van der Waals surface area contributed by atoms with Crippen LogP contribution in [0, 0.1) is 0 Å². The lowest BCUT2D eigenvalue weighted by Crippen LogP contribution is -2.28. The van der Waals surface area contributed by atoms with Gasteiger partial charge in [0.2, 0.25) is 4.80 Å². The summed E-state index contributed by atoms with van der Waals surface area (Å²) in [7, 11) is 0. The van der Waals surface area contributed by atoms with Gasteiger partial charge in [-0.05, 0) is 57.0 Å². The van der Waals surface area contributed by atoms with E-state index in [0.717, 1.165) is 37.1 Å². The number of para-hydroxylation sites is 1. The number of rotatable bonds is 2. The van der Waals surface area contributed by atoms with Crippen LogP contribution in [0.5, 0.6) is 0 Å². The number of anilines is 1. The fourth-order valence-electron chi connectivity index (χ4n) is 2.69. The average molecular weight is 361 g/mol. The standard InChI is InChI=1S/C17H19N3O2S2/c1-2-22-17(21)20-13-10-6-7-11-14(13)24-16(20)19-15(23)18-12-8-4-3-5-9-12/h3-5,8-9H,2,6-7,10-11H2,1H3,(H,18,23). The third kappa shape index (κ3) is 3.73. The lowest BCUT2D eigenvalue weighted by atomic mass is 10.0. The van der Waals surface area contributed by atoms with E-state index in [1.54, 1.807) is 11.5 Å². The number of carbonyl (C=O) groups excluding carboxylic acids is 1. The fourth-order valence-corrected chi connectivity index (χ4v) is 4.14. The van der Waals surface area contributed by atoms with E-state index in [4.69, 9.17) is 17.0 Å². The van der Waals surface area contributed by atoms with Crippen LogP contribution < -0.4 is 10.1 Å². The van der Waals surface area contributed by atoms with Crippen LogP contribution >= 0.6 is 23.6 Å². The molecule has 0 fully saturated rings. The first-order valence-corrected chi connectivity index (χ1v) is 9.23. The maximum Gasteiger partial charge on any atom is 0.420 e. The van der Waals surface area contributed by atoms with Crippen molar-refractivity contribution in [2.24, 2.45) is 4.99 Å².